The van der Waals surface area contributed by atoms with Crippen molar-refractivity contribution in [2.24, 2.45) is 5.73 Å². The van der Waals surface area contributed by atoms with Gasteiger partial charge in [0.1, 0.15) is 5.60 Å². The number of hydrogen-bond donors (Lipinski definition) is 2. The Morgan fingerprint density at radius 1 is 1.22 bits per heavy atom. The average molecular weight is 318 g/mol. The maximum atomic E-state index is 12.0. The molecule has 0 spiro atoms. The molecule has 5 heteroatoms. The summed E-state index contributed by atoms with van der Waals surface area (Å²) in [5.74, 6) is -0.387. The molecule has 0 saturated carbocycles. The maximum absolute atomic E-state index is 12.0. The second-order valence-corrected chi connectivity index (χ2v) is 6.51. The number of primary amides is 1. The molecule has 0 unspecified atom stereocenters. The number of ether oxygens (including phenoxy) is 1. The highest BCUT2D eigenvalue weighted by Gasteiger charge is 2.21. The molecule has 23 heavy (non-hydrogen) atoms. The lowest BCUT2D eigenvalue weighted by atomic mass is 9.96. The van der Waals surface area contributed by atoms with Gasteiger partial charge in [0.05, 0.1) is 6.04 Å². The molecule has 3 N–H and O–H groups in total. The van der Waals surface area contributed by atoms with Crippen LogP contribution in [0.25, 0.3) is 0 Å². The summed E-state index contributed by atoms with van der Waals surface area (Å²) >= 11 is 0. The van der Waals surface area contributed by atoms with Crippen molar-refractivity contribution < 1.29 is 14.3 Å². The van der Waals surface area contributed by atoms with Gasteiger partial charge in [-0.15, -0.1) is 0 Å². The molecule has 0 aromatic heterocycles. The molecular weight excluding hydrogens is 292 g/mol. The summed E-state index contributed by atoms with van der Waals surface area (Å²) in [7, 11) is 0. The lowest BCUT2D eigenvalue weighted by Crippen LogP contribution is -2.41. The Hall–Kier alpha value is -2.30. The monoisotopic (exact) mass is 318 g/mol. The molecule has 1 aromatic carbocycles. The maximum Gasteiger partial charge on any atom is 0.408 e. The number of carbonyl (C=O) groups is 2. The van der Waals surface area contributed by atoms with Crippen LogP contribution in [0.4, 0.5) is 4.79 Å². The Bertz CT molecular complexity index is 547. The van der Waals surface area contributed by atoms with Crippen LogP contribution in [0, 0.1) is 0 Å². The molecule has 2 amide bonds. The van der Waals surface area contributed by atoms with Gasteiger partial charge in [0.25, 0.3) is 0 Å². The fourth-order valence-corrected chi connectivity index (χ4v) is 2.06. The van der Waals surface area contributed by atoms with Crippen LogP contribution >= 0.6 is 0 Å². The Kier molecular flexibility index (Phi) is 6.82. The topological polar surface area (TPSA) is 81.4 Å². The van der Waals surface area contributed by atoms with Gasteiger partial charge in [-0.3, -0.25) is 4.79 Å². The molecule has 0 bridgehead atoms. The Morgan fingerprint density at radius 2 is 1.83 bits per heavy atom. The Labute approximate surface area is 137 Å². The quantitative estimate of drug-likeness (QED) is 0.758. The predicted molar refractivity (Wildman–Crippen MR) is 90.9 cm³/mol. The highest BCUT2D eigenvalue weighted by molar-refractivity contribution is 5.74. The number of hydrogen-bond acceptors (Lipinski definition) is 3. The van der Waals surface area contributed by atoms with E-state index in [9.17, 15) is 9.59 Å². The predicted octanol–water partition coefficient (Wildman–Crippen LogP) is 2.94. The van der Waals surface area contributed by atoms with Crippen LogP contribution in [0.1, 0.15) is 39.2 Å². The van der Waals surface area contributed by atoms with Gasteiger partial charge in [0.15, 0.2) is 0 Å². The van der Waals surface area contributed by atoms with Crippen LogP contribution < -0.4 is 11.1 Å². The molecule has 0 heterocycles. The number of alkyl carbamates (subject to hydrolysis) is 1. The minimum Gasteiger partial charge on any atom is -0.444 e. The first-order chi connectivity index (χ1) is 10.7. The van der Waals surface area contributed by atoms with Gasteiger partial charge in [-0.05, 0) is 39.2 Å². The zero-order valence-electron chi connectivity index (χ0n) is 14.1. The number of benzene rings is 1. The fraction of sp³-hybridized carbons (Fsp3) is 0.444. The van der Waals surface area contributed by atoms with Gasteiger partial charge in [-0.2, -0.15) is 0 Å². The molecule has 126 valence electrons. The molecule has 0 radical (unpaired) electrons. The van der Waals surface area contributed by atoms with Crippen molar-refractivity contribution >= 4 is 12.0 Å². The molecule has 1 rings (SSSR count). The first-order valence-electron chi connectivity index (χ1n) is 7.67. The number of nitrogens with one attached hydrogen (secondary N) is 1. The highest BCUT2D eigenvalue weighted by atomic mass is 16.6. The minimum absolute atomic E-state index is 0.208. The lowest BCUT2D eigenvalue weighted by Gasteiger charge is -2.25. The first kappa shape index (κ1) is 18.7. The highest BCUT2D eigenvalue weighted by Crippen LogP contribution is 2.15. The fourth-order valence-electron chi connectivity index (χ4n) is 2.06. The van der Waals surface area contributed by atoms with Crippen LogP contribution in [0.3, 0.4) is 0 Å². The summed E-state index contributed by atoms with van der Waals surface area (Å²) < 4.78 is 5.30. The van der Waals surface area contributed by atoms with Crippen molar-refractivity contribution in [3.8, 4) is 0 Å². The molecule has 0 saturated heterocycles. The summed E-state index contributed by atoms with van der Waals surface area (Å²) in [4.78, 5) is 23.0. The van der Waals surface area contributed by atoms with Crippen molar-refractivity contribution in [3.05, 3.63) is 48.0 Å². The van der Waals surface area contributed by atoms with Gasteiger partial charge in [-0.25, -0.2) is 4.79 Å². The van der Waals surface area contributed by atoms with E-state index in [1.807, 2.05) is 30.3 Å². The van der Waals surface area contributed by atoms with Crippen molar-refractivity contribution in [3.63, 3.8) is 0 Å². The molecule has 1 aromatic rings. The normalized spacial score (nSPS) is 12.3. The standard InChI is InChI=1S/C18H26N2O3/c1-13(10-11-16(19)21)15(12-14-8-6-5-7-9-14)20-17(22)23-18(2,3)4/h5-9,15H,1,10-12H2,2-4H3,(H2,19,21)(H,20,22)/t15-/m0/s1. The summed E-state index contributed by atoms with van der Waals surface area (Å²) in [6.07, 6.45) is 0.721. The van der Waals surface area contributed by atoms with Gasteiger partial charge in [-0.1, -0.05) is 42.5 Å². The van der Waals surface area contributed by atoms with Crippen molar-refractivity contribution in [2.45, 2.75) is 51.7 Å². The van der Waals surface area contributed by atoms with E-state index in [1.165, 1.54) is 0 Å². The molecule has 0 aliphatic heterocycles. The second kappa shape index (κ2) is 8.36. The van der Waals surface area contributed by atoms with E-state index in [4.69, 9.17) is 10.5 Å². The average Bonchev–Trinajstić information content (AvgIpc) is 2.43. The summed E-state index contributed by atoms with van der Waals surface area (Å²) in [6.45, 7) is 9.41. The van der Waals surface area contributed by atoms with Gasteiger partial charge in [0, 0.05) is 6.42 Å². The smallest absolute Gasteiger partial charge is 0.408 e. The molecular formula is C18H26N2O3. The van der Waals surface area contributed by atoms with E-state index < -0.39 is 11.7 Å². The van der Waals surface area contributed by atoms with Gasteiger partial charge >= 0.3 is 6.09 Å². The summed E-state index contributed by atoms with van der Waals surface area (Å²) in [5, 5.41) is 2.83. The molecule has 0 aliphatic rings. The minimum atomic E-state index is -0.573. The molecule has 0 aliphatic carbocycles. The largest absolute Gasteiger partial charge is 0.444 e. The van der Waals surface area contributed by atoms with E-state index in [1.54, 1.807) is 20.8 Å². The molecule has 0 fully saturated rings. The van der Waals surface area contributed by atoms with Crippen LogP contribution in [-0.4, -0.2) is 23.6 Å². The van der Waals surface area contributed by atoms with Gasteiger partial charge in [0.2, 0.25) is 5.91 Å². The van der Waals surface area contributed by atoms with Crippen molar-refractivity contribution in [1.82, 2.24) is 5.32 Å². The lowest BCUT2D eigenvalue weighted by molar-refractivity contribution is -0.118. The Morgan fingerprint density at radius 3 is 2.35 bits per heavy atom. The number of carbonyl (C=O) groups excluding carboxylic acids is 2. The van der Waals surface area contributed by atoms with E-state index in [2.05, 4.69) is 11.9 Å². The third-order valence-corrected chi connectivity index (χ3v) is 3.16. The summed E-state index contributed by atoms with van der Waals surface area (Å²) in [5.41, 5.74) is 6.42. The number of nitrogens with two attached hydrogens (primary N) is 1. The van der Waals surface area contributed by atoms with Crippen LogP contribution in [-0.2, 0) is 16.0 Å². The van der Waals surface area contributed by atoms with Crippen molar-refractivity contribution in [2.75, 3.05) is 0 Å². The van der Waals surface area contributed by atoms with E-state index >= 15 is 0 Å². The van der Waals surface area contributed by atoms with Crippen molar-refractivity contribution in [1.29, 1.82) is 0 Å². The third kappa shape index (κ3) is 8.04. The molecule has 5 nitrogen and oxygen atoms in total. The molecule has 1 atom stereocenters. The van der Waals surface area contributed by atoms with Crippen LogP contribution in [0.15, 0.2) is 42.5 Å². The number of amides is 2. The van der Waals surface area contributed by atoms with E-state index in [-0.39, 0.29) is 18.4 Å². The summed E-state index contributed by atoms with van der Waals surface area (Å²) in [6, 6.07) is 9.45. The number of rotatable bonds is 7. The van der Waals surface area contributed by atoms with Gasteiger partial charge < -0.3 is 15.8 Å². The zero-order chi connectivity index (χ0) is 17.5. The SMILES string of the molecule is C=C(CCC(N)=O)[C@H](Cc1ccccc1)NC(=O)OC(C)(C)C. The first-order valence-corrected chi connectivity index (χ1v) is 7.67. The second-order valence-electron chi connectivity index (χ2n) is 6.51. The van der Waals surface area contributed by atoms with Crippen LogP contribution in [0.5, 0.6) is 0 Å². The van der Waals surface area contributed by atoms with Crippen LogP contribution in [0.2, 0.25) is 0 Å². The van der Waals surface area contributed by atoms with E-state index in [0.717, 1.165) is 11.1 Å². The Balaban J connectivity index is 2.77. The third-order valence-electron chi connectivity index (χ3n) is 3.16. The van der Waals surface area contributed by atoms with E-state index in [0.29, 0.717) is 12.8 Å². The zero-order valence-corrected chi connectivity index (χ0v) is 14.1.